The van der Waals surface area contributed by atoms with E-state index in [-0.39, 0.29) is 12.1 Å². The molecule has 0 aromatic heterocycles. The largest absolute Gasteiger partial charge is 0.416 e. The van der Waals surface area contributed by atoms with Crippen LogP contribution in [0.1, 0.15) is 22.3 Å². The van der Waals surface area contributed by atoms with Gasteiger partial charge in [-0.25, -0.2) is 0 Å². The number of alkyl halides is 3. The minimum atomic E-state index is -4.34. The van der Waals surface area contributed by atoms with Crippen LogP contribution in [-0.4, -0.2) is 11.9 Å². The van der Waals surface area contributed by atoms with Gasteiger partial charge in [-0.3, -0.25) is 4.90 Å². The van der Waals surface area contributed by atoms with E-state index in [1.54, 1.807) is 25.2 Å². The van der Waals surface area contributed by atoms with Gasteiger partial charge in [0.15, 0.2) is 0 Å². The molecule has 0 aliphatic rings. The van der Waals surface area contributed by atoms with Gasteiger partial charge in [0.05, 0.1) is 17.2 Å². The summed E-state index contributed by atoms with van der Waals surface area (Å²) in [5.41, 5.74) is 1.17. The summed E-state index contributed by atoms with van der Waals surface area (Å²) in [6, 6.07) is 14.7. The molecule has 0 aliphatic carbocycles. The first-order chi connectivity index (χ1) is 10.4. The summed E-state index contributed by atoms with van der Waals surface area (Å²) < 4.78 is 38.9. The Balaban J connectivity index is 2.09. The molecule has 2 nitrogen and oxygen atoms in total. The van der Waals surface area contributed by atoms with Gasteiger partial charge in [0, 0.05) is 13.1 Å². The first-order valence-electron chi connectivity index (χ1n) is 6.73. The molecule has 0 saturated heterocycles. The zero-order valence-corrected chi connectivity index (χ0v) is 12.1. The third-order valence-electron chi connectivity index (χ3n) is 3.30. The molecule has 0 spiro atoms. The zero-order chi connectivity index (χ0) is 16.2. The van der Waals surface area contributed by atoms with Gasteiger partial charge in [0.1, 0.15) is 0 Å². The fraction of sp³-hybridized carbons (Fsp3) is 0.235. The molecule has 22 heavy (non-hydrogen) atoms. The van der Waals surface area contributed by atoms with Crippen molar-refractivity contribution in [2.75, 3.05) is 7.05 Å². The molecular formula is C17H15F3N2. The number of benzene rings is 2. The van der Waals surface area contributed by atoms with Gasteiger partial charge < -0.3 is 0 Å². The second-order valence-electron chi connectivity index (χ2n) is 5.14. The normalized spacial score (nSPS) is 11.5. The van der Waals surface area contributed by atoms with E-state index in [1.807, 2.05) is 23.1 Å². The highest BCUT2D eigenvalue weighted by Gasteiger charge is 2.32. The number of rotatable bonds is 4. The van der Waals surface area contributed by atoms with E-state index in [0.29, 0.717) is 12.1 Å². The van der Waals surface area contributed by atoms with Gasteiger partial charge in [0.25, 0.3) is 0 Å². The molecule has 0 amide bonds. The average molecular weight is 304 g/mol. The fourth-order valence-corrected chi connectivity index (χ4v) is 2.28. The van der Waals surface area contributed by atoms with Crippen molar-refractivity contribution in [2.24, 2.45) is 0 Å². The highest BCUT2D eigenvalue weighted by atomic mass is 19.4. The van der Waals surface area contributed by atoms with Crippen LogP contribution in [0.5, 0.6) is 0 Å². The molecule has 2 aromatic rings. The number of hydrogen-bond donors (Lipinski definition) is 0. The summed E-state index contributed by atoms with van der Waals surface area (Å²) >= 11 is 0. The predicted octanol–water partition coefficient (Wildman–Crippen LogP) is 4.21. The van der Waals surface area contributed by atoms with E-state index in [9.17, 15) is 13.2 Å². The molecular weight excluding hydrogens is 289 g/mol. The van der Waals surface area contributed by atoms with Crippen LogP contribution in [-0.2, 0) is 19.3 Å². The Morgan fingerprint density at radius 3 is 2.23 bits per heavy atom. The second kappa shape index (κ2) is 6.63. The smallest absolute Gasteiger partial charge is 0.298 e. The van der Waals surface area contributed by atoms with Crippen LogP contribution < -0.4 is 0 Å². The number of nitriles is 1. The van der Waals surface area contributed by atoms with Crippen molar-refractivity contribution < 1.29 is 13.2 Å². The molecule has 0 fully saturated rings. The lowest BCUT2D eigenvalue weighted by Gasteiger charge is -2.20. The van der Waals surface area contributed by atoms with E-state index >= 15 is 0 Å². The highest BCUT2D eigenvalue weighted by molar-refractivity contribution is 5.32. The molecule has 0 bridgehead atoms. The summed E-state index contributed by atoms with van der Waals surface area (Å²) in [5.74, 6) is 0. The van der Waals surface area contributed by atoms with Crippen LogP contribution >= 0.6 is 0 Å². The summed E-state index contributed by atoms with van der Waals surface area (Å²) in [6.07, 6.45) is -4.34. The van der Waals surface area contributed by atoms with Crippen molar-refractivity contribution in [3.05, 3.63) is 70.8 Å². The maximum Gasteiger partial charge on any atom is 0.416 e. The van der Waals surface area contributed by atoms with Crippen LogP contribution in [0, 0.1) is 11.3 Å². The van der Waals surface area contributed by atoms with Gasteiger partial charge in [0.2, 0.25) is 0 Å². The van der Waals surface area contributed by atoms with Crippen molar-refractivity contribution in [1.82, 2.24) is 4.90 Å². The van der Waals surface area contributed by atoms with Crippen LogP contribution in [0.25, 0.3) is 0 Å². The second-order valence-corrected chi connectivity index (χ2v) is 5.14. The first kappa shape index (κ1) is 16.1. The summed E-state index contributed by atoms with van der Waals surface area (Å²) in [4.78, 5) is 1.81. The summed E-state index contributed by atoms with van der Waals surface area (Å²) in [6.45, 7) is 0.716. The molecule has 114 valence electrons. The molecule has 0 heterocycles. The Morgan fingerprint density at radius 1 is 1.00 bits per heavy atom. The third kappa shape index (κ3) is 4.09. The lowest BCUT2D eigenvalue weighted by atomic mass is 10.1. The van der Waals surface area contributed by atoms with Crippen molar-refractivity contribution in [3.8, 4) is 6.07 Å². The van der Waals surface area contributed by atoms with Gasteiger partial charge in [-0.15, -0.1) is 0 Å². The van der Waals surface area contributed by atoms with Crippen molar-refractivity contribution >= 4 is 0 Å². The first-order valence-corrected chi connectivity index (χ1v) is 6.73. The topological polar surface area (TPSA) is 27.0 Å². The summed E-state index contributed by atoms with van der Waals surface area (Å²) in [7, 11) is 1.77. The Hall–Kier alpha value is -2.32. The minimum Gasteiger partial charge on any atom is -0.298 e. The number of halogens is 3. The maximum absolute atomic E-state index is 13.0. The molecule has 0 aliphatic heterocycles. The minimum absolute atomic E-state index is 0.204. The molecule has 5 heteroatoms. The lowest BCUT2D eigenvalue weighted by Crippen LogP contribution is -2.20. The Morgan fingerprint density at radius 2 is 1.64 bits per heavy atom. The van der Waals surface area contributed by atoms with Gasteiger partial charge in [-0.05, 0) is 36.4 Å². The van der Waals surface area contributed by atoms with Crippen LogP contribution in [0.3, 0.4) is 0 Å². The maximum atomic E-state index is 13.0. The van der Waals surface area contributed by atoms with Crippen LogP contribution in [0.15, 0.2) is 48.5 Å². The van der Waals surface area contributed by atoms with Gasteiger partial charge in [-0.1, -0.05) is 30.3 Å². The van der Waals surface area contributed by atoms with E-state index < -0.39 is 11.7 Å². The van der Waals surface area contributed by atoms with Gasteiger partial charge in [-0.2, -0.15) is 18.4 Å². The molecule has 0 radical (unpaired) electrons. The number of nitrogens with zero attached hydrogens (tertiary/aromatic N) is 2. The van der Waals surface area contributed by atoms with Crippen molar-refractivity contribution in [2.45, 2.75) is 19.3 Å². The zero-order valence-electron chi connectivity index (χ0n) is 12.1. The number of hydrogen-bond acceptors (Lipinski definition) is 2. The summed E-state index contributed by atoms with van der Waals surface area (Å²) in [5, 5.41) is 8.75. The van der Waals surface area contributed by atoms with Crippen LogP contribution in [0.4, 0.5) is 13.2 Å². The third-order valence-corrected chi connectivity index (χ3v) is 3.30. The molecule has 2 rings (SSSR count). The van der Waals surface area contributed by atoms with E-state index in [1.165, 1.54) is 12.1 Å². The molecule has 0 atom stereocenters. The Kier molecular flexibility index (Phi) is 4.84. The SMILES string of the molecule is CN(Cc1ccc(C#N)cc1)Cc1ccccc1C(F)(F)F. The lowest BCUT2D eigenvalue weighted by molar-refractivity contribution is -0.138. The molecule has 0 saturated carbocycles. The Bertz CT molecular complexity index is 670. The van der Waals surface area contributed by atoms with Crippen molar-refractivity contribution in [1.29, 1.82) is 5.26 Å². The van der Waals surface area contributed by atoms with Gasteiger partial charge >= 0.3 is 6.18 Å². The molecule has 0 N–H and O–H groups in total. The average Bonchev–Trinajstić information content (AvgIpc) is 2.47. The monoisotopic (exact) mass is 304 g/mol. The quantitative estimate of drug-likeness (QED) is 0.846. The van der Waals surface area contributed by atoms with Crippen LogP contribution in [0.2, 0.25) is 0 Å². The van der Waals surface area contributed by atoms with E-state index in [0.717, 1.165) is 11.6 Å². The van der Waals surface area contributed by atoms with E-state index in [2.05, 4.69) is 0 Å². The Labute approximate surface area is 127 Å². The molecule has 0 unspecified atom stereocenters. The fourth-order valence-electron chi connectivity index (χ4n) is 2.28. The van der Waals surface area contributed by atoms with E-state index in [4.69, 9.17) is 5.26 Å². The predicted molar refractivity (Wildman–Crippen MR) is 77.8 cm³/mol. The standard InChI is InChI=1S/C17H15F3N2/c1-22(11-14-8-6-13(10-21)7-9-14)12-15-4-2-3-5-16(15)17(18,19)20/h2-9H,11-12H2,1H3. The van der Waals surface area contributed by atoms with Crippen molar-refractivity contribution in [3.63, 3.8) is 0 Å². The highest BCUT2D eigenvalue weighted by Crippen LogP contribution is 2.32. The molecule has 2 aromatic carbocycles.